The van der Waals surface area contributed by atoms with Gasteiger partial charge in [-0.1, -0.05) is 23.8 Å². The van der Waals surface area contributed by atoms with Crippen molar-refractivity contribution in [3.05, 3.63) is 66.1 Å². The fraction of sp³-hybridized carbons (Fsp3) is 0.176. The van der Waals surface area contributed by atoms with Gasteiger partial charge < -0.3 is 0 Å². The lowest BCUT2D eigenvalue weighted by atomic mass is 10.2. The minimum Gasteiger partial charge on any atom is -0.275 e. The van der Waals surface area contributed by atoms with Gasteiger partial charge in [-0.3, -0.25) is 9.67 Å². The molecule has 0 atom stereocenters. The molecule has 0 spiro atoms. The number of nitrogens with one attached hydrogen (secondary N) is 1. The van der Waals surface area contributed by atoms with Crippen LogP contribution in [0.25, 0.3) is 11.3 Å². The zero-order valence-electron chi connectivity index (χ0n) is 13.5. The molecule has 0 aliphatic rings. The van der Waals surface area contributed by atoms with E-state index >= 15 is 0 Å². The summed E-state index contributed by atoms with van der Waals surface area (Å²) in [4.78, 5) is 4.62. The highest BCUT2D eigenvalue weighted by Crippen LogP contribution is 2.16. The molecule has 1 N–H and O–H groups in total. The van der Waals surface area contributed by atoms with E-state index in [0.29, 0.717) is 0 Å². The Morgan fingerprint density at radius 2 is 1.83 bits per heavy atom. The van der Waals surface area contributed by atoms with E-state index in [2.05, 4.69) is 14.8 Å². The summed E-state index contributed by atoms with van der Waals surface area (Å²) in [5, 5.41) is 4.11. The summed E-state index contributed by atoms with van der Waals surface area (Å²) in [5.74, 6) is 0. The number of rotatable bonds is 5. The van der Waals surface area contributed by atoms with Gasteiger partial charge in [0, 0.05) is 31.5 Å². The Hall–Kier alpha value is -2.51. The summed E-state index contributed by atoms with van der Waals surface area (Å²) in [6, 6.07) is 10.5. The molecule has 0 unspecified atom stereocenters. The summed E-state index contributed by atoms with van der Waals surface area (Å²) in [5.41, 5.74) is 3.53. The molecule has 0 amide bonds. The van der Waals surface area contributed by atoms with Crippen molar-refractivity contribution >= 4 is 10.0 Å². The summed E-state index contributed by atoms with van der Waals surface area (Å²) < 4.78 is 28.8. The van der Waals surface area contributed by atoms with Crippen LogP contribution >= 0.6 is 0 Å². The Labute approximate surface area is 141 Å². The van der Waals surface area contributed by atoms with Crippen molar-refractivity contribution in [2.45, 2.75) is 18.4 Å². The lowest BCUT2D eigenvalue weighted by Gasteiger charge is -2.07. The van der Waals surface area contributed by atoms with Gasteiger partial charge in [0.15, 0.2) is 0 Å². The van der Waals surface area contributed by atoms with Crippen molar-refractivity contribution in [3.8, 4) is 11.3 Å². The molecule has 24 heavy (non-hydrogen) atoms. The summed E-state index contributed by atoms with van der Waals surface area (Å²) in [6.45, 7) is 2.11. The first-order chi connectivity index (χ1) is 11.4. The van der Waals surface area contributed by atoms with E-state index in [1.54, 1.807) is 41.3 Å². The third kappa shape index (κ3) is 3.69. The topological polar surface area (TPSA) is 76.9 Å². The van der Waals surface area contributed by atoms with E-state index < -0.39 is 10.0 Å². The van der Waals surface area contributed by atoms with Gasteiger partial charge in [0.25, 0.3) is 0 Å². The minimum atomic E-state index is -3.53. The van der Waals surface area contributed by atoms with Crippen LogP contribution < -0.4 is 4.72 Å². The summed E-state index contributed by atoms with van der Waals surface area (Å²) in [7, 11) is -1.68. The number of pyridine rings is 1. The summed E-state index contributed by atoms with van der Waals surface area (Å²) in [6.07, 6.45) is 5.28. The predicted octanol–water partition coefficient (Wildman–Crippen LogP) is 2.27. The summed E-state index contributed by atoms with van der Waals surface area (Å²) >= 11 is 0. The Morgan fingerprint density at radius 1 is 1.08 bits per heavy atom. The number of benzene rings is 1. The molecule has 0 radical (unpaired) electrons. The Bertz CT molecular complexity index is 929. The standard InChI is InChI=1S/C17H18N4O2S/c1-13-3-6-16(7-4-13)24(22,23)20-10-14-5-8-17(18-9-14)15-11-19-21(2)12-15/h3-9,11-12,20H,10H2,1-2H3. The lowest BCUT2D eigenvalue weighted by molar-refractivity contribution is 0.581. The number of nitrogens with zero attached hydrogens (tertiary/aromatic N) is 3. The quantitative estimate of drug-likeness (QED) is 0.772. The fourth-order valence-electron chi connectivity index (χ4n) is 2.23. The smallest absolute Gasteiger partial charge is 0.240 e. The van der Waals surface area contributed by atoms with Gasteiger partial charge in [-0.15, -0.1) is 0 Å². The molecule has 6 nitrogen and oxygen atoms in total. The molecule has 124 valence electrons. The van der Waals surface area contributed by atoms with E-state index in [-0.39, 0.29) is 11.4 Å². The highest BCUT2D eigenvalue weighted by atomic mass is 32.2. The molecule has 2 aromatic heterocycles. The van der Waals surface area contributed by atoms with Crippen LogP contribution in [-0.4, -0.2) is 23.2 Å². The molecule has 0 saturated heterocycles. The van der Waals surface area contributed by atoms with Crippen LogP contribution in [0, 0.1) is 6.92 Å². The zero-order chi connectivity index (χ0) is 17.2. The van der Waals surface area contributed by atoms with Crippen molar-refractivity contribution in [2.24, 2.45) is 7.05 Å². The highest BCUT2D eigenvalue weighted by molar-refractivity contribution is 7.89. The van der Waals surface area contributed by atoms with E-state index in [0.717, 1.165) is 22.4 Å². The van der Waals surface area contributed by atoms with Gasteiger partial charge in [-0.25, -0.2) is 13.1 Å². The zero-order valence-corrected chi connectivity index (χ0v) is 14.3. The van der Waals surface area contributed by atoms with E-state index in [1.165, 1.54) is 0 Å². The molecule has 7 heteroatoms. The van der Waals surface area contributed by atoms with E-state index in [9.17, 15) is 8.42 Å². The van der Waals surface area contributed by atoms with Gasteiger partial charge >= 0.3 is 0 Å². The molecule has 0 saturated carbocycles. The molecule has 0 bridgehead atoms. The van der Waals surface area contributed by atoms with E-state index in [1.807, 2.05) is 32.3 Å². The number of aromatic nitrogens is 3. The van der Waals surface area contributed by atoms with Crippen LogP contribution in [0.2, 0.25) is 0 Å². The number of hydrogen-bond donors (Lipinski definition) is 1. The van der Waals surface area contributed by atoms with Gasteiger partial charge in [0.1, 0.15) is 0 Å². The van der Waals surface area contributed by atoms with Crippen LogP contribution in [0.3, 0.4) is 0 Å². The van der Waals surface area contributed by atoms with Crippen LogP contribution in [0.15, 0.2) is 59.9 Å². The molecule has 1 aromatic carbocycles. The van der Waals surface area contributed by atoms with Gasteiger partial charge in [-0.05, 0) is 30.7 Å². The second-order valence-corrected chi connectivity index (χ2v) is 7.36. The van der Waals surface area contributed by atoms with E-state index in [4.69, 9.17) is 0 Å². The molecular weight excluding hydrogens is 324 g/mol. The normalized spacial score (nSPS) is 11.6. The van der Waals surface area contributed by atoms with Crippen molar-refractivity contribution in [1.29, 1.82) is 0 Å². The second kappa shape index (κ2) is 6.54. The Kier molecular flexibility index (Phi) is 4.46. The molecule has 2 heterocycles. The van der Waals surface area contributed by atoms with Crippen molar-refractivity contribution in [3.63, 3.8) is 0 Å². The Morgan fingerprint density at radius 3 is 2.42 bits per heavy atom. The average Bonchev–Trinajstić information content (AvgIpc) is 3.00. The second-order valence-electron chi connectivity index (χ2n) is 5.59. The predicted molar refractivity (Wildman–Crippen MR) is 91.6 cm³/mol. The maximum Gasteiger partial charge on any atom is 0.240 e. The first kappa shape index (κ1) is 16.4. The number of aryl methyl sites for hydroxylation is 2. The van der Waals surface area contributed by atoms with Gasteiger partial charge in [-0.2, -0.15) is 5.10 Å². The van der Waals surface area contributed by atoms with Crippen LogP contribution in [0.4, 0.5) is 0 Å². The maximum absolute atomic E-state index is 12.3. The third-order valence-corrected chi connectivity index (χ3v) is 5.04. The highest BCUT2D eigenvalue weighted by Gasteiger charge is 2.13. The number of hydrogen-bond acceptors (Lipinski definition) is 4. The third-order valence-electron chi connectivity index (χ3n) is 3.62. The SMILES string of the molecule is Cc1ccc(S(=O)(=O)NCc2ccc(-c3cnn(C)c3)nc2)cc1. The molecule has 3 aromatic rings. The monoisotopic (exact) mass is 342 g/mol. The first-order valence-corrected chi connectivity index (χ1v) is 8.93. The van der Waals surface area contributed by atoms with Crippen LogP contribution in [-0.2, 0) is 23.6 Å². The molecule has 0 aliphatic carbocycles. The average molecular weight is 342 g/mol. The van der Waals surface area contributed by atoms with Gasteiger partial charge in [0.05, 0.1) is 16.8 Å². The molecule has 0 fully saturated rings. The van der Waals surface area contributed by atoms with Crippen molar-refractivity contribution in [2.75, 3.05) is 0 Å². The molecule has 0 aliphatic heterocycles. The van der Waals surface area contributed by atoms with Crippen molar-refractivity contribution < 1.29 is 8.42 Å². The maximum atomic E-state index is 12.3. The largest absolute Gasteiger partial charge is 0.275 e. The lowest BCUT2D eigenvalue weighted by Crippen LogP contribution is -2.23. The first-order valence-electron chi connectivity index (χ1n) is 7.44. The minimum absolute atomic E-state index is 0.191. The fourth-order valence-corrected chi connectivity index (χ4v) is 3.25. The van der Waals surface area contributed by atoms with Crippen LogP contribution in [0.1, 0.15) is 11.1 Å². The van der Waals surface area contributed by atoms with Gasteiger partial charge in [0.2, 0.25) is 10.0 Å². The molecule has 3 rings (SSSR count). The molecular formula is C17H18N4O2S. The Balaban J connectivity index is 1.69. The van der Waals surface area contributed by atoms with Crippen LogP contribution in [0.5, 0.6) is 0 Å². The van der Waals surface area contributed by atoms with Crippen molar-refractivity contribution in [1.82, 2.24) is 19.5 Å². The number of sulfonamides is 1.